The lowest BCUT2D eigenvalue weighted by Gasteiger charge is -1.99. The highest BCUT2D eigenvalue weighted by molar-refractivity contribution is 7.98. The average Bonchev–Trinajstić information content (AvgIpc) is 2.94. The Hall–Kier alpha value is -0.980. The fraction of sp³-hybridized carbons (Fsp3) is 0.182. The summed E-state index contributed by atoms with van der Waals surface area (Å²) in [5, 5.41) is 4.24. The fourth-order valence-electron chi connectivity index (χ4n) is 1.48. The van der Waals surface area contributed by atoms with Crippen LogP contribution in [-0.4, -0.2) is 15.0 Å². The van der Waals surface area contributed by atoms with Gasteiger partial charge < -0.3 is 0 Å². The highest BCUT2D eigenvalue weighted by atomic mass is 32.2. The molecule has 0 aliphatic carbocycles. The van der Waals surface area contributed by atoms with Gasteiger partial charge in [-0.3, -0.25) is 0 Å². The molecule has 6 heteroatoms. The topological polar surface area (TPSA) is 38.7 Å². The third-order valence-corrected chi connectivity index (χ3v) is 5.40. The first kappa shape index (κ1) is 11.1. The van der Waals surface area contributed by atoms with Crippen LogP contribution in [0, 0.1) is 6.92 Å². The molecule has 0 saturated heterocycles. The standard InChI is InChI=1S/C11H9N3S3/c1-7-12-4-8(17-7)5-16-11-10-9(2-3-15-10)13-6-14-11/h2-4,6H,5H2,1H3. The van der Waals surface area contributed by atoms with E-state index in [0.29, 0.717) is 0 Å². The minimum absolute atomic E-state index is 0.926. The molecule has 0 aromatic carbocycles. The Bertz CT molecular complexity index is 644. The quantitative estimate of drug-likeness (QED) is 0.540. The number of thiophene rings is 1. The second-order valence-electron chi connectivity index (χ2n) is 3.45. The third kappa shape index (κ3) is 2.34. The summed E-state index contributed by atoms with van der Waals surface area (Å²) in [4.78, 5) is 14.1. The normalized spacial score (nSPS) is 11.1. The molecule has 0 aliphatic rings. The lowest BCUT2D eigenvalue weighted by atomic mass is 10.5. The molecule has 0 saturated carbocycles. The van der Waals surface area contributed by atoms with Crippen LogP contribution in [0.4, 0.5) is 0 Å². The molecule has 0 spiro atoms. The molecule has 0 N–H and O–H groups in total. The Labute approximate surface area is 111 Å². The van der Waals surface area contributed by atoms with Crippen LogP contribution in [0.25, 0.3) is 10.2 Å². The first-order valence-electron chi connectivity index (χ1n) is 5.05. The van der Waals surface area contributed by atoms with Crippen molar-refractivity contribution in [2.45, 2.75) is 17.7 Å². The fourth-order valence-corrected chi connectivity index (χ4v) is 4.24. The Morgan fingerprint density at radius 2 is 2.24 bits per heavy atom. The Morgan fingerprint density at radius 3 is 3.06 bits per heavy atom. The lowest BCUT2D eigenvalue weighted by Crippen LogP contribution is -1.83. The van der Waals surface area contributed by atoms with Crippen LogP contribution >= 0.6 is 34.4 Å². The minimum Gasteiger partial charge on any atom is -0.250 e. The van der Waals surface area contributed by atoms with Gasteiger partial charge >= 0.3 is 0 Å². The molecule has 0 amide bonds. The number of thioether (sulfide) groups is 1. The van der Waals surface area contributed by atoms with Crippen LogP contribution in [0.3, 0.4) is 0 Å². The Kier molecular flexibility index (Phi) is 3.09. The van der Waals surface area contributed by atoms with Crippen LogP contribution in [-0.2, 0) is 5.75 Å². The monoisotopic (exact) mass is 279 g/mol. The summed E-state index contributed by atoms with van der Waals surface area (Å²) in [6.07, 6.45) is 3.58. The zero-order valence-corrected chi connectivity index (χ0v) is 11.5. The van der Waals surface area contributed by atoms with E-state index in [1.807, 2.05) is 19.2 Å². The molecule has 0 atom stereocenters. The molecule has 3 nitrogen and oxygen atoms in total. The predicted molar refractivity (Wildman–Crippen MR) is 73.8 cm³/mol. The van der Waals surface area contributed by atoms with E-state index in [4.69, 9.17) is 0 Å². The van der Waals surface area contributed by atoms with E-state index < -0.39 is 0 Å². The van der Waals surface area contributed by atoms with Gasteiger partial charge in [0.15, 0.2) is 0 Å². The van der Waals surface area contributed by atoms with Gasteiger partial charge in [-0.05, 0) is 18.4 Å². The van der Waals surface area contributed by atoms with Crippen LogP contribution in [0.2, 0.25) is 0 Å². The number of aromatic nitrogens is 3. The molecule has 17 heavy (non-hydrogen) atoms. The molecule has 3 heterocycles. The van der Waals surface area contributed by atoms with E-state index in [1.165, 1.54) is 9.58 Å². The van der Waals surface area contributed by atoms with Gasteiger partial charge in [0.25, 0.3) is 0 Å². The highest BCUT2D eigenvalue weighted by Gasteiger charge is 2.06. The third-order valence-electron chi connectivity index (χ3n) is 2.23. The molecule has 0 fully saturated rings. The van der Waals surface area contributed by atoms with E-state index in [-0.39, 0.29) is 0 Å². The molecule has 0 unspecified atom stereocenters. The molecule has 0 aliphatic heterocycles. The Balaban J connectivity index is 1.83. The average molecular weight is 279 g/mol. The van der Waals surface area contributed by atoms with Gasteiger partial charge in [-0.1, -0.05) is 11.8 Å². The zero-order chi connectivity index (χ0) is 11.7. The van der Waals surface area contributed by atoms with Crippen molar-refractivity contribution in [2.75, 3.05) is 0 Å². The van der Waals surface area contributed by atoms with Crippen molar-refractivity contribution in [3.63, 3.8) is 0 Å². The van der Waals surface area contributed by atoms with Crippen molar-refractivity contribution in [1.29, 1.82) is 0 Å². The van der Waals surface area contributed by atoms with Gasteiger partial charge in [0.05, 0.1) is 15.2 Å². The molecule has 3 aromatic heterocycles. The summed E-state index contributed by atoms with van der Waals surface area (Å²) in [5.41, 5.74) is 1.04. The van der Waals surface area contributed by atoms with Crippen LogP contribution < -0.4 is 0 Å². The van der Waals surface area contributed by atoms with Crippen LogP contribution in [0.15, 0.2) is 29.0 Å². The van der Waals surface area contributed by atoms with E-state index in [9.17, 15) is 0 Å². The summed E-state index contributed by atoms with van der Waals surface area (Å²) >= 11 is 5.19. The summed E-state index contributed by atoms with van der Waals surface area (Å²) in [6, 6.07) is 2.03. The maximum absolute atomic E-state index is 4.35. The second kappa shape index (κ2) is 4.72. The van der Waals surface area contributed by atoms with Crippen molar-refractivity contribution in [1.82, 2.24) is 15.0 Å². The molecule has 0 bridgehead atoms. The van der Waals surface area contributed by atoms with Gasteiger partial charge in [0.2, 0.25) is 0 Å². The maximum Gasteiger partial charge on any atom is 0.118 e. The van der Waals surface area contributed by atoms with E-state index in [0.717, 1.165) is 21.3 Å². The number of hydrogen-bond donors (Lipinski definition) is 0. The number of fused-ring (bicyclic) bond motifs is 1. The second-order valence-corrected chi connectivity index (χ2v) is 6.65. The summed E-state index contributed by atoms with van der Waals surface area (Å²) < 4.78 is 1.18. The number of aryl methyl sites for hydroxylation is 1. The van der Waals surface area contributed by atoms with E-state index >= 15 is 0 Å². The SMILES string of the molecule is Cc1ncc(CSc2ncnc3ccsc23)s1. The first-order valence-corrected chi connectivity index (χ1v) is 7.73. The molecular formula is C11H9N3S3. The molecule has 86 valence electrons. The molecule has 3 aromatic rings. The molecule has 0 radical (unpaired) electrons. The van der Waals surface area contributed by atoms with Crippen molar-refractivity contribution < 1.29 is 0 Å². The number of thiazole rings is 1. The van der Waals surface area contributed by atoms with Gasteiger partial charge in [-0.2, -0.15) is 0 Å². The van der Waals surface area contributed by atoms with Crippen molar-refractivity contribution in [3.8, 4) is 0 Å². The maximum atomic E-state index is 4.35. The van der Waals surface area contributed by atoms with Crippen molar-refractivity contribution in [3.05, 3.63) is 33.9 Å². The van der Waals surface area contributed by atoms with Crippen molar-refractivity contribution in [2.24, 2.45) is 0 Å². The number of hydrogen-bond acceptors (Lipinski definition) is 6. The smallest absolute Gasteiger partial charge is 0.118 e. The Morgan fingerprint density at radius 1 is 1.29 bits per heavy atom. The van der Waals surface area contributed by atoms with Gasteiger partial charge in [-0.15, -0.1) is 22.7 Å². The van der Waals surface area contributed by atoms with Crippen molar-refractivity contribution >= 4 is 44.7 Å². The number of rotatable bonds is 3. The number of nitrogens with zero attached hydrogens (tertiary/aromatic N) is 3. The molecular weight excluding hydrogens is 270 g/mol. The minimum atomic E-state index is 0.926. The zero-order valence-electron chi connectivity index (χ0n) is 9.08. The predicted octanol–water partition coefficient (Wildman–Crippen LogP) is 3.75. The van der Waals surface area contributed by atoms with Crippen LogP contribution in [0.1, 0.15) is 9.88 Å². The summed E-state index contributed by atoms with van der Waals surface area (Å²) in [6.45, 7) is 2.03. The summed E-state index contributed by atoms with van der Waals surface area (Å²) in [7, 11) is 0. The van der Waals surface area contributed by atoms with E-state index in [1.54, 1.807) is 40.8 Å². The van der Waals surface area contributed by atoms with Gasteiger partial charge in [0, 0.05) is 16.8 Å². The molecule has 3 rings (SSSR count). The van der Waals surface area contributed by atoms with Crippen LogP contribution in [0.5, 0.6) is 0 Å². The first-order chi connectivity index (χ1) is 8.33. The van der Waals surface area contributed by atoms with Gasteiger partial charge in [0.1, 0.15) is 11.4 Å². The lowest BCUT2D eigenvalue weighted by molar-refractivity contribution is 1.11. The highest BCUT2D eigenvalue weighted by Crippen LogP contribution is 2.31. The summed E-state index contributed by atoms with van der Waals surface area (Å²) in [5.74, 6) is 0.926. The van der Waals surface area contributed by atoms with E-state index in [2.05, 4.69) is 20.3 Å². The largest absolute Gasteiger partial charge is 0.250 e. The van der Waals surface area contributed by atoms with Gasteiger partial charge in [-0.25, -0.2) is 15.0 Å².